The van der Waals surface area contributed by atoms with Crippen LogP contribution in [0.2, 0.25) is 0 Å². The van der Waals surface area contributed by atoms with Crippen LogP contribution in [0.25, 0.3) is 0 Å². The van der Waals surface area contributed by atoms with Crippen LogP contribution >= 0.6 is 0 Å². The Balaban J connectivity index is 2.00. The Morgan fingerprint density at radius 1 is 1.39 bits per heavy atom. The summed E-state index contributed by atoms with van der Waals surface area (Å²) < 4.78 is 2.01. The summed E-state index contributed by atoms with van der Waals surface area (Å²) in [7, 11) is 0. The molecule has 7 heteroatoms. The van der Waals surface area contributed by atoms with Crippen molar-refractivity contribution < 1.29 is 4.79 Å². The zero-order valence-electron chi connectivity index (χ0n) is 14.2. The number of carbonyl (C=O) groups excluding carboxylic acids is 1. The molecule has 0 aliphatic rings. The van der Waals surface area contributed by atoms with Gasteiger partial charge in [-0.05, 0) is 33.3 Å². The fourth-order valence-electron chi connectivity index (χ4n) is 2.37. The molecule has 0 aromatic carbocycles. The van der Waals surface area contributed by atoms with E-state index in [1.54, 1.807) is 12.3 Å². The van der Waals surface area contributed by atoms with Gasteiger partial charge in [0.05, 0.1) is 11.9 Å². The third-order valence-corrected chi connectivity index (χ3v) is 3.71. The van der Waals surface area contributed by atoms with E-state index in [-0.39, 0.29) is 5.91 Å². The van der Waals surface area contributed by atoms with Crippen LogP contribution in [0, 0.1) is 20.8 Å². The van der Waals surface area contributed by atoms with E-state index in [0.717, 1.165) is 35.6 Å². The number of nitrogens with one attached hydrogen (secondary N) is 2. The predicted octanol–water partition coefficient (Wildman–Crippen LogP) is 2.49. The lowest BCUT2D eigenvalue weighted by molar-refractivity contribution is 0.0950. The van der Waals surface area contributed by atoms with Gasteiger partial charge >= 0.3 is 0 Å². The van der Waals surface area contributed by atoms with E-state index in [2.05, 4.69) is 32.7 Å². The number of hydrogen-bond acceptors (Lipinski definition) is 4. The first kappa shape index (κ1) is 16.9. The molecule has 2 aromatic rings. The highest BCUT2D eigenvalue weighted by Crippen LogP contribution is 2.12. The number of aryl methyl sites for hydroxylation is 3. The Labute approximate surface area is 136 Å². The van der Waals surface area contributed by atoms with Gasteiger partial charge in [-0.1, -0.05) is 19.8 Å². The highest BCUT2D eigenvalue weighted by Gasteiger charge is 2.10. The van der Waals surface area contributed by atoms with Crippen molar-refractivity contribution in [3.63, 3.8) is 0 Å². The van der Waals surface area contributed by atoms with Crippen molar-refractivity contribution in [1.82, 2.24) is 25.4 Å². The summed E-state index contributed by atoms with van der Waals surface area (Å²) in [4.78, 5) is 11.9. The maximum atomic E-state index is 11.9. The van der Waals surface area contributed by atoms with Crippen molar-refractivity contribution in [2.24, 2.45) is 5.10 Å². The molecule has 0 atom stereocenters. The molecule has 1 amide bonds. The Hall–Kier alpha value is -2.44. The molecule has 0 fully saturated rings. The van der Waals surface area contributed by atoms with Crippen molar-refractivity contribution in [3.8, 4) is 0 Å². The molecule has 0 saturated carbocycles. The minimum absolute atomic E-state index is 0.323. The lowest BCUT2D eigenvalue weighted by Gasteiger charge is -2.03. The number of nitrogens with zero attached hydrogens (tertiary/aromatic N) is 4. The summed E-state index contributed by atoms with van der Waals surface area (Å²) in [6, 6.07) is 1.67. The molecule has 2 aromatic heterocycles. The van der Waals surface area contributed by atoms with Gasteiger partial charge in [0.1, 0.15) is 0 Å². The standard InChI is InChI=1S/C16H24N6O/c1-5-6-7-8-22-13(4)14(12(3)21-22)10-17-20-16(23)15-9-11(2)18-19-15/h9-10H,5-8H2,1-4H3,(H,18,19)(H,20,23)/b17-10+. The molecule has 2 rings (SSSR count). The van der Waals surface area contributed by atoms with Crippen molar-refractivity contribution in [1.29, 1.82) is 0 Å². The number of aromatic nitrogens is 4. The molecule has 0 aliphatic carbocycles. The van der Waals surface area contributed by atoms with Gasteiger partial charge in [-0.25, -0.2) is 5.43 Å². The van der Waals surface area contributed by atoms with Gasteiger partial charge in [0, 0.05) is 23.5 Å². The molecular weight excluding hydrogens is 292 g/mol. The predicted molar refractivity (Wildman–Crippen MR) is 89.6 cm³/mol. The molecule has 23 heavy (non-hydrogen) atoms. The molecule has 124 valence electrons. The quantitative estimate of drug-likeness (QED) is 0.467. The topological polar surface area (TPSA) is 88.0 Å². The van der Waals surface area contributed by atoms with Crippen LogP contribution in [-0.4, -0.2) is 32.1 Å². The molecule has 0 radical (unpaired) electrons. The van der Waals surface area contributed by atoms with Crippen molar-refractivity contribution in [2.75, 3.05) is 0 Å². The maximum Gasteiger partial charge on any atom is 0.291 e. The molecule has 2 heterocycles. The molecule has 0 saturated heterocycles. The van der Waals surface area contributed by atoms with Crippen LogP contribution in [0.5, 0.6) is 0 Å². The Morgan fingerprint density at radius 3 is 2.83 bits per heavy atom. The Bertz CT molecular complexity index is 697. The lowest BCUT2D eigenvalue weighted by Crippen LogP contribution is -2.18. The Morgan fingerprint density at radius 2 is 2.17 bits per heavy atom. The van der Waals surface area contributed by atoms with Gasteiger partial charge in [-0.2, -0.15) is 15.3 Å². The molecular formula is C16H24N6O. The van der Waals surface area contributed by atoms with Gasteiger partial charge in [-0.3, -0.25) is 14.6 Å². The largest absolute Gasteiger partial charge is 0.291 e. The highest BCUT2D eigenvalue weighted by atomic mass is 16.2. The monoisotopic (exact) mass is 316 g/mol. The van der Waals surface area contributed by atoms with E-state index in [4.69, 9.17) is 0 Å². The minimum atomic E-state index is -0.337. The number of carbonyl (C=O) groups is 1. The number of aromatic amines is 1. The van der Waals surface area contributed by atoms with Crippen molar-refractivity contribution in [3.05, 3.63) is 34.4 Å². The fraction of sp³-hybridized carbons (Fsp3) is 0.500. The first-order valence-electron chi connectivity index (χ1n) is 7.92. The third-order valence-electron chi connectivity index (χ3n) is 3.71. The summed E-state index contributed by atoms with van der Waals surface area (Å²) in [6.07, 6.45) is 5.14. The van der Waals surface area contributed by atoms with E-state index >= 15 is 0 Å². The first-order valence-corrected chi connectivity index (χ1v) is 7.92. The number of amides is 1. The van der Waals surface area contributed by atoms with Crippen molar-refractivity contribution in [2.45, 2.75) is 53.5 Å². The molecule has 0 aliphatic heterocycles. The average molecular weight is 316 g/mol. The van der Waals surface area contributed by atoms with Gasteiger partial charge in [0.2, 0.25) is 0 Å². The zero-order valence-corrected chi connectivity index (χ0v) is 14.2. The zero-order chi connectivity index (χ0) is 16.8. The summed E-state index contributed by atoms with van der Waals surface area (Å²) in [5, 5.41) is 15.2. The second-order valence-electron chi connectivity index (χ2n) is 5.65. The van der Waals surface area contributed by atoms with Gasteiger partial charge in [-0.15, -0.1) is 0 Å². The average Bonchev–Trinajstić information content (AvgIpc) is 3.06. The SMILES string of the molecule is CCCCCn1nc(C)c(/C=N/NC(=O)c2cc(C)[nH]n2)c1C. The number of rotatable bonds is 7. The highest BCUT2D eigenvalue weighted by molar-refractivity contribution is 5.93. The van der Waals surface area contributed by atoms with Crippen LogP contribution in [0.15, 0.2) is 11.2 Å². The van der Waals surface area contributed by atoms with Crippen LogP contribution in [0.3, 0.4) is 0 Å². The van der Waals surface area contributed by atoms with Crippen LogP contribution in [0.1, 0.15) is 59.3 Å². The van der Waals surface area contributed by atoms with E-state index in [1.165, 1.54) is 12.8 Å². The summed E-state index contributed by atoms with van der Waals surface area (Å²) in [5.74, 6) is -0.337. The van der Waals surface area contributed by atoms with Crippen LogP contribution < -0.4 is 5.43 Å². The van der Waals surface area contributed by atoms with E-state index in [9.17, 15) is 4.79 Å². The molecule has 0 bridgehead atoms. The molecule has 7 nitrogen and oxygen atoms in total. The summed E-state index contributed by atoms with van der Waals surface area (Å²) >= 11 is 0. The number of hydrazone groups is 1. The van der Waals surface area contributed by atoms with Gasteiger partial charge in [0.15, 0.2) is 5.69 Å². The first-order chi connectivity index (χ1) is 11.0. The van der Waals surface area contributed by atoms with E-state index in [1.807, 2.05) is 25.5 Å². The lowest BCUT2D eigenvalue weighted by atomic mass is 10.2. The molecule has 2 N–H and O–H groups in total. The Kier molecular flexibility index (Phi) is 5.67. The third kappa shape index (κ3) is 4.28. The molecule has 0 unspecified atom stereocenters. The summed E-state index contributed by atoms with van der Waals surface area (Å²) in [5.41, 5.74) is 6.56. The van der Waals surface area contributed by atoms with E-state index < -0.39 is 0 Å². The summed E-state index contributed by atoms with van der Waals surface area (Å²) in [6.45, 7) is 8.90. The molecule has 0 spiro atoms. The number of unbranched alkanes of at least 4 members (excludes halogenated alkanes) is 2. The maximum absolute atomic E-state index is 11.9. The number of H-pyrrole nitrogens is 1. The van der Waals surface area contributed by atoms with Gasteiger partial charge < -0.3 is 0 Å². The second kappa shape index (κ2) is 7.71. The van der Waals surface area contributed by atoms with Crippen LogP contribution in [0.4, 0.5) is 0 Å². The second-order valence-corrected chi connectivity index (χ2v) is 5.65. The van der Waals surface area contributed by atoms with Crippen LogP contribution in [-0.2, 0) is 6.54 Å². The normalized spacial score (nSPS) is 11.3. The van der Waals surface area contributed by atoms with E-state index in [0.29, 0.717) is 5.69 Å². The van der Waals surface area contributed by atoms with Crippen molar-refractivity contribution >= 4 is 12.1 Å². The minimum Gasteiger partial charge on any atom is -0.282 e. The smallest absolute Gasteiger partial charge is 0.282 e. The fourth-order valence-corrected chi connectivity index (χ4v) is 2.37. The number of hydrogen-bond donors (Lipinski definition) is 2. The van der Waals surface area contributed by atoms with Gasteiger partial charge in [0.25, 0.3) is 5.91 Å².